The quantitative estimate of drug-likeness (QED) is 0.561. The van der Waals surface area contributed by atoms with Gasteiger partial charge in [-0.1, -0.05) is 48.0 Å². The molecule has 0 radical (unpaired) electrons. The summed E-state index contributed by atoms with van der Waals surface area (Å²) in [7, 11) is 1.35. The number of imidazole rings is 1. The second kappa shape index (κ2) is 10.3. The van der Waals surface area contributed by atoms with Crippen molar-refractivity contribution in [2.45, 2.75) is 45.3 Å². The van der Waals surface area contributed by atoms with Crippen molar-refractivity contribution in [1.29, 1.82) is 0 Å². The largest absolute Gasteiger partial charge is 0.469 e. The molecule has 2 heterocycles. The number of nitrogens with one attached hydrogen (secondary N) is 1. The van der Waals surface area contributed by atoms with Gasteiger partial charge in [-0.05, 0) is 30.5 Å². The summed E-state index contributed by atoms with van der Waals surface area (Å²) < 4.78 is 4.76. The van der Waals surface area contributed by atoms with Crippen LogP contribution in [0.25, 0.3) is 0 Å². The molecule has 3 aromatic rings. The molecule has 33 heavy (non-hydrogen) atoms. The molecule has 1 aliphatic heterocycles. The Morgan fingerprint density at radius 3 is 2.70 bits per heavy atom. The van der Waals surface area contributed by atoms with Crippen LogP contribution in [0.4, 0.5) is 5.69 Å². The van der Waals surface area contributed by atoms with Gasteiger partial charge in [-0.3, -0.25) is 9.59 Å². The number of methoxy groups -OCH3 is 1. The molecule has 1 aliphatic rings. The first-order valence-electron chi connectivity index (χ1n) is 11.3. The highest BCUT2D eigenvalue weighted by Gasteiger charge is 2.31. The number of hydrogen-bond donors (Lipinski definition) is 1. The van der Waals surface area contributed by atoms with Crippen molar-refractivity contribution in [2.24, 2.45) is 0 Å². The van der Waals surface area contributed by atoms with E-state index in [9.17, 15) is 9.59 Å². The highest BCUT2D eigenvalue weighted by molar-refractivity contribution is 5.82. The Hall–Kier alpha value is -3.61. The summed E-state index contributed by atoms with van der Waals surface area (Å²) in [5.74, 6) is -0.396. The molecule has 0 aliphatic carbocycles. The van der Waals surface area contributed by atoms with E-state index in [-0.39, 0.29) is 30.8 Å². The summed E-state index contributed by atoms with van der Waals surface area (Å²) in [6.07, 6.45) is 4.48. The van der Waals surface area contributed by atoms with E-state index in [2.05, 4.69) is 52.1 Å². The summed E-state index contributed by atoms with van der Waals surface area (Å²) in [6, 6.07) is 16.6. The molecule has 1 atom stereocenters. The standard InChI is InChI=1S/C26H30N4O3/c1-19-8-9-24-21(12-19)15-30(25(31)10-11-26(32)33-2)23(13-20-6-4-3-5-7-20)17-29(24)16-22-14-27-18-28-22/h3-9,12,14,18,23H,10-11,13,15-17H2,1-2H3,(H,27,28)/t23-/m1/s1. The molecule has 7 nitrogen and oxygen atoms in total. The number of amides is 1. The molecule has 1 amide bonds. The molecule has 0 bridgehead atoms. The van der Waals surface area contributed by atoms with Crippen molar-refractivity contribution in [3.63, 3.8) is 0 Å². The third kappa shape index (κ3) is 5.61. The van der Waals surface area contributed by atoms with E-state index >= 15 is 0 Å². The maximum absolute atomic E-state index is 13.4. The van der Waals surface area contributed by atoms with Crippen LogP contribution in [-0.2, 0) is 33.8 Å². The normalized spacial score (nSPS) is 15.6. The number of hydrogen-bond acceptors (Lipinski definition) is 5. The molecule has 0 fully saturated rings. The number of anilines is 1. The molecule has 0 spiro atoms. The predicted molar refractivity (Wildman–Crippen MR) is 127 cm³/mol. The van der Waals surface area contributed by atoms with E-state index in [4.69, 9.17) is 4.74 Å². The minimum atomic E-state index is -0.366. The van der Waals surface area contributed by atoms with Crippen LogP contribution in [0.15, 0.2) is 61.1 Å². The van der Waals surface area contributed by atoms with Crippen molar-refractivity contribution in [3.8, 4) is 0 Å². The summed E-state index contributed by atoms with van der Waals surface area (Å²) in [4.78, 5) is 36.7. The Morgan fingerprint density at radius 2 is 1.97 bits per heavy atom. The Kier molecular flexibility index (Phi) is 7.07. The highest BCUT2D eigenvalue weighted by Crippen LogP contribution is 2.31. The van der Waals surface area contributed by atoms with Crippen LogP contribution in [0, 0.1) is 6.92 Å². The summed E-state index contributed by atoms with van der Waals surface area (Å²) in [6.45, 7) is 3.92. The Bertz CT molecular complexity index is 1080. The minimum Gasteiger partial charge on any atom is -0.469 e. The van der Waals surface area contributed by atoms with Crippen molar-refractivity contribution in [3.05, 3.63) is 83.4 Å². The molecule has 0 saturated carbocycles. The zero-order chi connectivity index (χ0) is 23.2. The summed E-state index contributed by atoms with van der Waals surface area (Å²) >= 11 is 0. The first-order chi connectivity index (χ1) is 16.0. The van der Waals surface area contributed by atoms with Gasteiger partial charge in [0.2, 0.25) is 5.91 Å². The molecule has 172 valence electrons. The molecule has 1 N–H and O–H groups in total. The number of ether oxygens (including phenoxy) is 1. The van der Waals surface area contributed by atoms with Crippen LogP contribution >= 0.6 is 0 Å². The molecular formula is C26H30N4O3. The molecule has 2 aromatic carbocycles. The number of nitrogens with zero attached hydrogens (tertiary/aromatic N) is 3. The molecule has 1 aromatic heterocycles. The maximum Gasteiger partial charge on any atom is 0.306 e. The molecular weight excluding hydrogens is 416 g/mol. The van der Waals surface area contributed by atoms with E-state index in [1.54, 1.807) is 6.33 Å². The molecule has 0 saturated heterocycles. The zero-order valence-corrected chi connectivity index (χ0v) is 19.2. The number of aryl methyl sites for hydroxylation is 1. The van der Waals surface area contributed by atoms with Gasteiger partial charge < -0.3 is 19.5 Å². The first kappa shape index (κ1) is 22.6. The second-order valence-electron chi connectivity index (χ2n) is 8.53. The lowest BCUT2D eigenvalue weighted by Crippen LogP contribution is -2.45. The number of carbonyl (C=O) groups is 2. The van der Waals surface area contributed by atoms with Crippen molar-refractivity contribution >= 4 is 17.6 Å². The maximum atomic E-state index is 13.4. The van der Waals surface area contributed by atoms with Gasteiger partial charge in [-0.25, -0.2) is 4.98 Å². The number of esters is 1. The van der Waals surface area contributed by atoms with Gasteiger partial charge in [-0.2, -0.15) is 0 Å². The van der Waals surface area contributed by atoms with E-state index in [0.29, 0.717) is 19.6 Å². The average Bonchev–Trinajstić information content (AvgIpc) is 3.28. The van der Waals surface area contributed by atoms with Crippen LogP contribution in [-0.4, -0.2) is 46.4 Å². The van der Waals surface area contributed by atoms with Crippen LogP contribution in [0.3, 0.4) is 0 Å². The number of aromatic nitrogens is 2. The second-order valence-corrected chi connectivity index (χ2v) is 8.53. The first-order valence-corrected chi connectivity index (χ1v) is 11.3. The number of carbonyl (C=O) groups excluding carboxylic acids is 2. The third-order valence-electron chi connectivity index (χ3n) is 6.11. The number of rotatable bonds is 7. The Balaban J connectivity index is 1.68. The van der Waals surface area contributed by atoms with Gasteiger partial charge in [0.1, 0.15) is 0 Å². The number of fused-ring (bicyclic) bond motifs is 1. The Morgan fingerprint density at radius 1 is 1.15 bits per heavy atom. The smallest absolute Gasteiger partial charge is 0.306 e. The lowest BCUT2D eigenvalue weighted by atomic mass is 10.0. The lowest BCUT2D eigenvalue weighted by molar-refractivity contribution is -0.144. The fourth-order valence-electron chi connectivity index (χ4n) is 4.45. The predicted octanol–water partition coefficient (Wildman–Crippen LogP) is 3.63. The Labute approximate surface area is 194 Å². The van der Waals surface area contributed by atoms with Gasteiger partial charge in [-0.15, -0.1) is 0 Å². The van der Waals surface area contributed by atoms with Crippen molar-refractivity contribution < 1.29 is 14.3 Å². The van der Waals surface area contributed by atoms with Gasteiger partial charge in [0.15, 0.2) is 0 Å². The van der Waals surface area contributed by atoms with E-state index in [1.165, 1.54) is 12.7 Å². The lowest BCUT2D eigenvalue weighted by Gasteiger charge is -2.33. The number of benzene rings is 2. The SMILES string of the molecule is COC(=O)CCC(=O)N1Cc2cc(C)ccc2N(Cc2cnc[nH]2)C[C@H]1Cc1ccccc1. The van der Waals surface area contributed by atoms with Crippen molar-refractivity contribution in [2.75, 3.05) is 18.6 Å². The van der Waals surface area contributed by atoms with Gasteiger partial charge in [0.05, 0.1) is 38.1 Å². The molecule has 7 heteroatoms. The van der Waals surface area contributed by atoms with Gasteiger partial charge in [0, 0.05) is 31.4 Å². The van der Waals surface area contributed by atoms with Gasteiger partial charge in [0.25, 0.3) is 0 Å². The van der Waals surface area contributed by atoms with Crippen LogP contribution in [0.1, 0.15) is 35.2 Å². The van der Waals surface area contributed by atoms with Gasteiger partial charge >= 0.3 is 5.97 Å². The summed E-state index contributed by atoms with van der Waals surface area (Å²) in [5, 5.41) is 0. The van der Waals surface area contributed by atoms with Crippen LogP contribution in [0.5, 0.6) is 0 Å². The number of aromatic amines is 1. The zero-order valence-electron chi connectivity index (χ0n) is 19.2. The fraction of sp³-hybridized carbons (Fsp3) is 0.346. The fourth-order valence-corrected chi connectivity index (χ4v) is 4.45. The van der Waals surface area contributed by atoms with Crippen molar-refractivity contribution in [1.82, 2.24) is 14.9 Å². The van der Waals surface area contributed by atoms with Crippen LogP contribution < -0.4 is 4.90 Å². The van der Waals surface area contributed by atoms with E-state index < -0.39 is 0 Å². The monoisotopic (exact) mass is 446 g/mol. The third-order valence-corrected chi connectivity index (χ3v) is 6.11. The molecule has 4 rings (SSSR count). The average molecular weight is 447 g/mol. The molecule has 0 unspecified atom stereocenters. The topological polar surface area (TPSA) is 78.5 Å². The summed E-state index contributed by atoms with van der Waals surface area (Å²) in [5.41, 5.74) is 5.58. The van der Waals surface area contributed by atoms with E-state index in [0.717, 1.165) is 28.9 Å². The minimum absolute atomic E-state index is 0.0304. The van der Waals surface area contributed by atoms with E-state index in [1.807, 2.05) is 29.3 Å². The highest BCUT2D eigenvalue weighted by atomic mass is 16.5. The van der Waals surface area contributed by atoms with Crippen LogP contribution in [0.2, 0.25) is 0 Å². The number of H-pyrrole nitrogens is 1.